The molecule has 2 aromatic carbocycles. The summed E-state index contributed by atoms with van der Waals surface area (Å²) in [5.74, 6) is -0.251. The molecule has 0 saturated heterocycles. The van der Waals surface area contributed by atoms with Crippen molar-refractivity contribution in [1.29, 1.82) is 0 Å². The molecular formula is C23H23O2P. The lowest BCUT2D eigenvalue weighted by Crippen LogP contribution is -2.15. The molecule has 2 nitrogen and oxygen atoms in total. The average molecular weight is 362 g/mol. The van der Waals surface area contributed by atoms with Gasteiger partial charge < -0.3 is 4.74 Å². The molecule has 0 atom stereocenters. The van der Waals surface area contributed by atoms with E-state index in [1.54, 1.807) is 6.08 Å². The van der Waals surface area contributed by atoms with Crippen molar-refractivity contribution in [2.24, 2.45) is 0 Å². The van der Waals surface area contributed by atoms with E-state index in [0.717, 1.165) is 18.4 Å². The van der Waals surface area contributed by atoms with Crippen molar-refractivity contribution in [2.75, 3.05) is 6.61 Å². The highest BCUT2D eigenvalue weighted by molar-refractivity contribution is 7.77. The van der Waals surface area contributed by atoms with Crippen LogP contribution in [0.1, 0.15) is 19.8 Å². The third-order valence-corrected chi connectivity index (χ3v) is 6.61. The Morgan fingerprint density at radius 3 is 2.23 bits per heavy atom. The molecule has 132 valence electrons. The fraction of sp³-hybridized carbons (Fsp3) is 0.174. The van der Waals surface area contributed by atoms with Crippen molar-refractivity contribution >= 4 is 24.5 Å². The molecular weight excluding hydrogens is 339 g/mol. The van der Waals surface area contributed by atoms with Crippen LogP contribution >= 0.6 is 7.92 Å². The molecule has 26 heavy (non-hydrogen) atoms. The minimum atomic E-state index is -0.718. The highest BCUT2D eigenvalue weighted by Crippen LogP contribution is 2.48. The maximum absolute atomic E-state index is 12.2. The van der Waals surface area contributed by atoms with E-state index in [9.17, 15) is 4.79 Å². The molecule has 0 bridgehead atoms. The van der Waals surface area contributed by atoms with E-state index in [1.165, 1.54) is 15.9 Å². The Hall–Kier alpha value is -2.44. The largest absolute Gasteiger partial charge is 0.463 e. The zero-order valence-corrected chi connectivity index (χ0v) is 15.9. The van der Waals surface area contributed by atoms with Crippen LogP contribution in [0.3, 0.4) is 0 Å². The van der Waals surface area contributed by atoms with Gasteiger partial charge in [0.25, 0.3) is 0 Å². The Kier molecular flexibility index (Phi) is 6.57. The van der Waals surface area contributed by atoms with Gasteiger partial charge in [0.2, 0.25) is 0 Å². The topological polar surface area (TPSA) is 26.3 Å². The Morgan fingerprint density at radius 1 is 1.04 bits per heavy atom. The van der Waals surface area contributed by atoms with Crippen LogP contribution < -0.4 is 10.6 Å². The highest BCUT2D eigenvalue weighted by Gasteiger charge is 2.22. The smallest absolute Gasteiger partial charge is 0.331 e. The van der Waals surface area contributed by atoms with Crippen molar-refractivity contribution in [3.05, 3.63) is 95.9 Å². The summed E-state index contributed by atoms with van der Waals surface area (Å²) < 4.78 is 5.27. The minimum absolute atomic E-state index is 0.251. The van der Waals surface area contributed by atoms with Gasteiger partial charge in [-0.2, -0.15) is 0 Å². The molecule has 1 aliphatic rings. The van der Waals surface area contributed by atoms with E-state index in [4.69, 9.17) is 4.74 Å². The fourth-order valence-corrected chi connectivity index (χ4v) is 5.36. The van der Waals surface area contributed by atoms with Gasteiger partial charge in [-0.25, -0.2) is 4.79 Å². The zero-order valence-electron chi connectivity index (χ0n) is 15.0. The zero-order chi connectivity index (χ0) is 18.2. The Labute approximate surface area is 156 Å². The maximum atomic E-state index is 12.2. The maximum Gasteiger partial charge on any atom is 0.331 e. The van der Waals surface area contributed by atoms with Gasteiger partial charge in [0.1, 0.15) is 0 Å². The average Bonchev–Trinajstić information content (AvgIpc) is 2.69. The Bertz CT molecular complexity index is 780. The van der Waals surface area contributed by atoms with Crippen molar-refractivity contribution < 1.29 is 9.53 Å². The molecule has 0 radical (unpaired) electrons. The number of rotatable bonds is 6. The molecule has 1 aliphatic carbocycles. The van der Waals surface area contributed by atoms with Gasteiger partial charge in [0, 0.05) is 6.08 Å². The summed E-state index contributed by atoms with van der Waals surface area (Å²) in [6, 6.07) is 21.1. The first-order valence-corrected chi connectivity index (χ1v) is 10.3. The molecule has 0 aliphatic heterocycles. The number of hydrogen-bond acceptors (Lipinski definition) is 2. The van der Waals surface area contributed by atoms with Gasteiger partial charge in [-0.1, -0.05) is 85.8 Å². The second-order valence-corrected chi connectivity index (χ2v) is 8.21. The van der Waals surface area contributed by atoms with Crippen molar-refractivity contribution in [3.63, 3.8) is 0 Å². The SMILES string of the molecule is CCCOC(=O)C=C1CC=CC=C1P(c1ccccc1)c1ccccc1. The second-order valence-electron chi connectivity index (χ2n) is 6.03. The normalized spacial score (nSPS) is 15.2. The minimum Gasteiger partial charge on any atom is -0.463 e. The predicted molar refractivity (Wildman–Crippen MR) is 110 cm³/mol. The number of esters is 1. The number of ether oxygens (including phenoxy) is 1. The van der Waals surface area contributed by atoms with Crippen molar-refractivity contribution in [3.8, 4) is 0 Å². The molecule has 0 N–H and O–H groups in total. The monoisotopic (exact) mass is 362 g/mol. The third-order valence-electron chi connectivity index (χ3n) is 4.07. The van der Waals surface area contributed by atoms with Crippen LogP contribution in [-0.2, 0) is 9.53 Å². The quantitative estimate of drug-likeness (QED) is 0.417. The Morgan fingerprint density at radius 2 is 1.65 bits per heavy atom. The molecule has 0 aromatic heterocycles. The fourth-order valence-electron chi connectivity index (χ4n) is 2.88. The molecule has 0 saturated carbocycles. The van der Waals surface area contributed by atoms with Gasteiger partial charge in [-0.3, -0.25) is 0 Å². The van der Waals surface area contributed by atoms with Gasteiger partial charge in [0.05, 0.1) is 6.61 Å². The molecule has 0 amide bonds. The first kappa shape index (κ1) is 18.4. The van der Waals surface area contributed by atoms with Gasteiger partial charge in [-0.05, 0) is 42.3 Å². The van der Waals surface area contributed by atoms with E-state index in [0.29, 0.717) is 6.61 Å². The van der Waals surface area contributed by atoms with Gasteiger partial charge in [0.15, 0.2) is 0 Å². The third kappa shape index (κ3) is 4.59. The predicted octanol–water partition coefficient (Wildman–Crippen LogP) is 4.84. The van der Waals surface area contributed by atoms with Crippen LogP contribution in [-0.4, -0.2) is 12.6 Å². The molecule has 0 unspecified atom stereocenters. The van der Waals surface area contributed by atoms with Crippen LogP contribution in [0, 0.1) is 0 Å². The summed E-state index contributed by atoms with van der Waals surface area (Å²) in [6.07, 6.45) is 9.58. The summed E-state index contributed by atoms with van der Waals surface area (Å²) in [5, 5.41) is 3.78. The van der Waals surface area contributed by atoms with E-state index in [-0.39, 0.29) is 5.97 Å². The highest BCUT2D eigenvalue weighted by atomic mass is 31.1. The number of hydrogen-bond donors (Lipinski definition) is 0. The number of carbonyl (C=O) groups excluding carboxylic acids is 1. The molecule has 2 aromatic rings. The molecule has 0 fully saturated rings. The van der Waals surface area contributed by atoms with Crippen LogP contribution in [0.5, 0.6) is 0 Å². The lowest BCUT2D eigenvalue weighted by Gasteiger charge is -2.25. The van der Waals surface area contributed by atoms with E-state index < -0.39 is 7.92 Å². The Balaban J connectivity index is 2.01. The molecule has 3 rings (SSSR count). The van der Waals surface area contributed by atoms with Gasteiger partial charge >= 0.3 is 5.97 Å². The van der Waals surface area contributed by atoms with E-state index in [2.05, 4.69) is 66.8 Å². The number of allylic oxidation sites excluding steroid dienone is 5. The first-order valence-electron chi connectivity index (χ1n) is 8.94. The molecule has 0 spiro atoms. The van der Waals surface area contributed by atoms with E-state index in [1.807, 2.05) is 19.1 Å². The summed E-state index contributed by atoms with van der Waals surface area (Å²) in [4.78, 5) is 12.2. The van der Waals surface area contributed by atoms with Crippen LogP contribution in [0.2, 0.25) is 0 Å². The van der Waals surface area contributed by atoms with Crippen molar-refractivity contribution in [1.82, 2.24) is 0 Å². The summed E-state index contributed by atoms with van der Waals surface area (Å²) >= 11 is 0. The van der Waals surface area contributed by atoms with Crippen LogP contribution in [0.25, 0.3) is 0 Å². The summed E-state index contributed by atoms with van der Waals surface area (Å²) in [7, 11) is -0.718. The summed E-state index contributed by atoms with van der Waals surface area (Å²) in [5.41, 5.74) is 1.05. The number of benzene rings is 2. The second kappa shape index (κ2) is 9.31. The van der Waals surface area contributed by atoms with Crippen molar-refractivity contribution in [2.45, 2.75) is 19.8 Å². The van der Waals surface area contributed by atoms with Crippen LogP contribution in [0.15, 0.2) is 95.9 Å². The molecule has 3 heteroatoms. The number of carbonyl (C=O) groups is 1. The lowest BCUT2D eigenvalue weighted by molar-refractivity contribution is -0.137. The molecule has 0 heterocycles. The van der Waals surface area contributed by atoms with Crippen LogP contribution in [0.4, 0.5) is 0 Å². The van der Waals surface area contributed by atoms with Gasteiger partial charge in [-0.15, -0.1) is 0 Å². The van der Waals surface area contributed by atoms with E-state index >= 15 is 0 Å². The standard InChI is InChI=1S/C23H23O2P/c1-2-17-25-23(24)18-19-11-9-10-16-22(19)26(20-12-5-3-6-13-20)21-14-7-4-8-15-21/h3-10,12-16,18H,2,11,17H2,1H3. The first-order chi connectivity index (χ1) is 12.8. The lowest BCUT2D eigenvalue weighted by atomic mass is 10.1. The summed E-state index contributed by atoms with van der Waals surface area (Å²) in [6.45, 7) is 2.46.